The summed E-state index contributed by atoms with van der Waals surface area (Å²) in [5.41, 5.74) is -0.0244. The highest BCUT2D eigenvalue weighted by molar-refractivity contribution is 5.94. The van der Waals surface area contributed by atoms with Gasteiger partial charge in [0, 0.05) is 31.4 Å². The fourth-order valence-electron chi connectivity index (χ4n) is 3.60. The van der Waals surface area contributed by atoms with Gasteiger partial charge in [0.15, 0.2) is 0 Å². The van der Waals surface area contributed by atoms with Crippen molar-refractivity contribution in [1.82, 2.24) is 14.8 Å². The van der Waals surface area contributed by atoms with Gasteiger partial charge in [-0.3, -0.25) is 14.5 Å². The quantitative estimate of drug-likeness (QED) is 0.897. The summed E-state index contributed by atoms with van der Waals surface area (Å²) in [6.45, 7) is 4.96. The van der Waals surface area contributed by atoms with E-state index in [1.165, 1.54) is 12.8 Å². The van der Waals surface area contributed by atoms with Crippen LogP contribution in [-0.4, -0.2) is 52.4 Å². The summed E-state index contributed by atoms with van der Waals surface area (Å²) < 4.78 is 0. The Morgan fingerprint density at radius 1 is 1.38 bits per heavy atom. The summed E-state index contributed by atoms with van der Waals surface area (Å²) in [6, 6.07) is 4.02. The van der Waals surface area contributed by atoms with E-state index >= 15 is 0 Å². The number of H-pyrrole nitrogens is 1. The molecule has 5 heteroatoms. The lowest BCUT2D eigenvalue weighted by Gasteiger charge is -2.48. The summed E-state index contributed by atoms with van der Waals surface area (Å²) in [5.74, 6) is -0.117. The molecule has 2 atom stereocenters. The van der Waals surface area contributed by atoms with E-state index in [1.807, 2.05) is 4.90 Å². The van der Waals surface area contributed by atoms with Crippen molar-refractivity contribution in [1.29, 1.82) is 0 Å². The number of aromatic amines is 1. The zero-order valence-corrected chi connectivity index (χ0v) is 12.5. The van der Waals surface area contributed by atoms with E-state index in [9.17, 15) is 9.59 Å². The lowest BCUT2D eigenvalue weighted by atomic mass is 9.95. The van der Waals surface area contributed by atoms with Gasteiger partial charge in [0.05, 0.1) is 0 Å². The summed E-state index contributed by atoms with van der Waals surface area (Å²) in [6.07, 6.45) is 6.16. The lowest BCUT2D eigenvalue weighted by molar-refractivity contribution is 0.00951. The average molecular weight is 289 g/mol. The maximum absolute atomic E-state index is 12.8. The van der Waals surface area contributed by atoms with Gasteiger partial charge in [-0.05, 0) is 37.9 Å². The molecule has 2 saturated heterocycles. The minimum absolute atomic E-state index is 0.117. The van der Waals surface area contributed by atoms with Gasteiger partial charge in [0.1, 0.15) is 5.56 Å². The van der Waals surface area contributed by atoms with Gasteiger partial charge in [-0.2, -0.15) is 0 Å². The molecule has 2 aliphatic rings. The Kier molecular flexibility index (Phi) is 4.10. The van der Waals surface area contributed by atoms with Crippen LogP contribution < -0.4 is 5.56 Å². The highest BCUT2D eigenvalue weighted by Crippen LogP contribution is 2.26. The number of aromatic nitrogens is 1. The summed E-state index contributed by atoms with van der Waals surface area (Å²) in [7, 11) is 0. The average Bonchev–Trinajstić information content (AvgIpc) is 2.53. The number of nitrogens with zero attached hydrogens (tertiary/aromatic N) is 2. The molecule has 1 N–H and O–H groups in total. The minimum Gasteiger partial charge on any atom is -0.333 e. The number of pyridine rings is 1. The molecule has 0 aliphatic carbocycles. The highest BCUT2D eigenvalue weighted by atomic mass is 16.2. The van der Waals surface area contributed by atoms with Crippen LogP contribution in [0.4, 0.5) is 0 Å². The molecule has 3 heterocycles. The molecule has 0 saturated carbocycles. The smallest absolute Gasteiger partial charge is 0.260 e. The fourth-order valence-corrected chi connectivity index (χ4v) is 3.60. The molecule has 21 heavy (non-hydrogen) atoms. The van der Waals surface area contributed by atoms with Crippen molar-refractivity contribution in [3.05, 3.63) is 34.2 Å². The van der Waals surface area contributed by atoms with E-state index < -0.39 is 0 Å². The Labute approximate surface area is 124 Å². The number of piperidine rings is 1. The fraction of sp³-hybridized carbons (Fsp3) is 0.625. The Morgan fingerprint density at radius 2 is 2.24 bits per heavy atom. The first-order chi connectivity index (χ1) is 10.2. The van der Waals surface area contributed by atoms with Crippen LogP contribution in [0.3, 0.4) is 0 Å². The van der Waals surface area contributed by atoms with Crippen molar-refractivity contribution in [2.75, 3.05) is 19.6 Å². The number of fused-ring (bicyclic) bond motifs is 1. The molecule has 1 amide bonds. The third-order valence-electron chi connectivity index (χ3n) is 4.82. The molecular formula is C16H23N3O2. The van der Waals surface area contributed by atoms with Crippen LogP contribution in [0.1, 0.15) is 43.0 Å². The van der Waals surface area contributed by atoms with E-state index in [4.69, 9.17) is 0 Å². The molecule has 1 aromatic rings. The molecule has 2 fully saturated rings. The largest absolute Gasteiger partial charge is 0.333 e. The second kappa shape index (κ2) is 6.02. The molecule has 2 unspecified atom stereocenters. The van der Waals surface area contributed by atoms with E-state index in [2.05, 4.69) is 16.8 Å². The molecule has 5 nitrogen and oxygen atoms in total. The Morgan fingerprint density at radius 3 is 3.00 bits per heavy atom. The third-order valence-corrected chi connectivity index (χ3v) is 4.82. The molecule has 0 radical (unpaired) electrons. The molecule has 0 spiro atoms. The van der Waals surface area contributed by atoms with Crippen molar-refractivity contribution >= 4 is 5.91 Å². The molecule has 2 aliphatic heterocycles. The van der Waals surface area contributed by atoms with Gasteiger partial charge in [-0.15, -0.1) is 0 Å². The van der Waals surface area contributed by atoms with Gasteiger partial charge in [0.2, 0.25) is 0 Å². The SMILES string of the molecule is CCC1CN2CCCCC2CN1C(=O)c1ccc[nH]c1=O. The van der Waals surface area contributed by atoms with Gasteiger partial charge in [-0.1, -0.05) is 13.3 Å². The van der Waals surface area contributed by atoms with Crippen LogP contribution in [0.5, 0.6) is 0 Å². The van der Waals surface area contributed by atoms with Crippen LogP contribution in [-0.2, 0) is 0 Å². The third kappa shape index (κ3) is 2.75. The maximum atomic E-state index is 12.8. The second-order valence-corrected chi connectivity index (χ2v) is 6.08. The second-order valence-electron chi connectivity index (χ2n) is 6.08. The predicted octanol–water partition coefficient (Wildman–Crippen LogP) is 1.46. The van der Waals surface area contributed by atoms with Crippen LogP contribution in [0.15, 0.2) is 23.1 Å². The maximum Gasteiger partial charge on any atom is 0.260 e. The first-order valence-corrected chi connectivity index (χ1v) is 7.93. The van der Waals surface area contributed by atoms with Crippen LogP contribution >= 0.6 is 0 Å². The van der Waals surface area contributed by atoms with Gasteiger partial charge < -0.3 is 9.88 Å². The molecule has 3 rings (SSSR count). The lowest BCUT2D eigenvalue weighted by Crippen LogP contribution is -2.61. The van der Waals surface area contributed by atoms with Crippen molar-refractivity contribution in [2.24, 2.45) is 0 Å². The number of carbonyl (C=O) groups is 1. The number of amides is 1. The number of hydrogen-bond acceptors (Lipinski definition) is 3. The number of piperazine rings is 1. The Bertz CT molecular complexity index is 569. The highest BCUT2D eigenvalue weighted by Gasteiger charge is 2.37. The van der Waals surface area contributed by atoms with Crippen molar-refractivity contribution in [3.63, 3.8) is 0 Å². The van der Waals surface area contributed by atoms with Crippen molar-refractivity contribution in [3.8, 4) is 0 Å². The first-order valence-electron chi connectivity index (χ1n) is 7.93. The topological polar surface area (TPSA) is 56.4 Å². The summed E-state index contributed by atoms with van der Waals surface area (Å²) in [5, 5.41) is 0. The van der Waals surface area contributed by atoms with Crippen molar-refractivity contribution in [2.45, 2.75) is 44.7 Å². The zero-order chi connectivity index (χ0) is 14.8. The van der Waals surface area contributed by atoms with Crippen LogP contribution in [0.25, 0.3) is 0 Å². The first kappa shape index (κ1) is 14.3. The Balaban J connectivity index is 1.84. The number of rotatable bonds is 2. The molecule has 1 aromatic heterocycles. The molecule has 114 valence electrons. The molecule has 0 bridgehead atoms. The zero-order valence-electron chi connectivity index (χ0n) is 12.5. The minimum atomic E-state index is -0.288. The standard InChI is InChI=1S/C16H23N3O2/c1-2-12-10-18-9-4-3-6-13(18)11-19(12)16(21)14-7-5-8-17-15(14)20/h5,7-8,12-13H,2-4,6,9-11H2,1H3,(H,17,20). The molecular weight excluding hydrogens is 266 g/mol. The Hall–Kier alpha value is -1.62. The van der Waals surface area contributed by atoms with Gasteiger partial charge in [-0.25, -0.2) is 0 Å². The normalized spacial score (nSPS) is 26.4. The predicted molar refractivity (Wildman–Crippen MR) is 81.4 cm³/mol. The number of hydrogen-bond donors (Lipinski definition) is 1. The van der Waals surface area contributed by atoms with E-state index in [0.29, 0.717) is 6.04 Å². The van der Waals surface area contributed by atoms with E-state index in [1.54, 1.807) is 18.3 Å². The van der Waals surface area contributed by atoms with Crippen molar-refractivity contribution < 1.29 is 4.79 Å². The van der Waals surface area contributed by atoms with Gasteiger partial charge >= 0.3 is 0 Å². The van der Waals surface area contributed by atoms with Crippen LogP contribution in [0, 0.1) is 0 Å². The van der Waals surface area contributed by atoms with E-state index in [-0.39, 0.29) is 23.1 Å². The van der Waals surface area contributed by atoms with E-state index in [0.717, 1.165) is 32.5 Å². The summed E-state index contributed by atoms with van der Waals surface area (Å²) in [4.78, 5) is 31.7. The number of nitrogens with one attached hydrogen (secondary N) is 1. The number of carbonyl (C=O) groups excluding carboxylic acids is 1. The monoisotopic (exact) mass is 289 g/mol. The summed E-state index contributed by atoms with van der Waals surface area (Å²) >= 11 is 0. The molecule has 0 aromatic carbocycles. The van der Waals surface area contributed by atoms with Crippen LogP contribution in [0.2, 0.25) is 0 Å². The van der Waals surface area contributed by atoms with Gasteiger partial charge in [0.25, 0.3) is 11.5 Å².